The largest absolute Gasteiger partial charge is 0.409 e. The van der Waals surface area contributed by atoms with Gasteiger partial charge in [0.05, 0.1) is 0 Å². The van der Waals surface area contributed by atoms with E-state index in [1.54, 1.807) is 13.8 Å². The Morgan fingerprint density at radius 1 is 1.42 bits per heavy atom. The number of carbonyl (C=O) groups is 1. The van der Waals surface area contributed by atoms with Gasteiger partial charge in [0, 0.05) is 6.04 Å². The van der Waals surface area contributed by atoms with Crippen LogP contribution in [0.25, 0.3) is 0 Å². The van der Waals surface area contributed by atoms with Crippen LogP contribution < -0.4 is 11.1 Å². The van der Waals surface area contributed by atoms with Crippen LogP contribution in [-0.2, 0) is 11.2 Å². The highest BCUT2D eigenvalue weighted by Gasteiger charge is 2.33. The van der Waals surface area contributed by atoms with Gasteiger partial charge < -0.3 is 16.3 Å². The van der Waals surface area contributed by atoms with Crippen molar-refractivity contribution >= 4 is 11.7 Å². The van der Waals surface area contributed by atoms with Crippen LogP contribution in [0.15, 0.2) is 35.5 Å². The molecule has 0 saturated heterocycles. The number of hydrogen-bond donors (Lipinski definition) is 3. The Balaban J connectivity index is 2.62. The molecule has 0 aliphatic heterocycles. The van der Waals surface area contributed by atoms with Gasteiger partial charge in [-0.3, -0.25) is 4.79 Å². The normalized spacial score (nSPS) is 13.9. The lowest BCUT2D eigenvalue weighted by molar-refractivity contribution is -0.127. The summed E-state index contributed by atoms with van der Waals surface area (Å²) < 4.78 is 0. The SMILES string of the molecule is CC(Cc1ccccc1)NC(=O)C(C)(C)C(N)=NO. The number of carbonyl (C=O) groups excluding carboxylic acids is 1. The Labute approximate surface area is 113 Å². The van der Waals surface area contributed by atoms with Crippen molar-refractivity contribution in [3.05, 3.63) is 35.9 Å². The topological polar surface area (TPSA) is 87.7 Å². The minimum absolute atomic E-state index is 0.0272. The summed E-state index contributed by atoms with van der Waals surface area (Å²) in [6, 6.07) is 9.87. The molecule has 0 aliphatic rings. The van der Waals surface area contributed by atoms with Crippen LogP contribution in [0.5, 0.6) is 0 Å². The van der Waals surface area contributed by atoms with Crippen LogP contribution in [0.3, 0.4) is 0 Å². The zero-order chi connectivity index (χ0) is 14.5. The average Bonchev–Trinajstić information content (AvgIpc) is 2.38. The number of benzene rings is 1. The molecule has 1 unspecified atom stereocenters. The second-order valence-electron chi connectivity index (χ2n) is 5.17. The van der Waals surface area contributed by atoms with E-state index < -0.39 is 5.41 Å². The summed E-state index contributed by atoms with van der Waals surface area (Å²) in [5.74, 6) is -0.358. The van der Waals surface area contributed by atoms with Crippen LogP contribution in [-0.4, -0.2) is 23.0 Å². The number of nitrogens with two attached hydrogens (primary N) is 1. The van der Waals surface area contributed by atoms with Gasteiger partial charge >= 0.3 is 0 Å². The Kier molecular flexibility index (Phi) is 4.92. The van der Waals surface area contributed by atoms with E-state index in [1.165, 1.54) is 0 Å². The van der Waals surface area contributed by atoms with Crippen molar-refractivity contribution in [2.45, 2.75) is 33.2 Å². The van der Waals surface area contributed by atoms with E-state index in [4.69, 9.17) is 10.9 Å². The molecule has 5 nitrogen and oxygen atoms in total. The molecule has 1 atom stereocenters. The molecule has 19 heavy (non-hydrogen) atoms. The highest BCUT2D eigenvalue weighted by atomic mass is 16.4. The average molecular weight is 263 g/mol. The summed E-state index contributed by atoms with van der Waals surface area (Å²) in [7, 11) is 0. The molecule has 1 amide bonds. The van der Waals surface area contributed by atoms with Crippen molar-refractivity contribution < 1.29 is 10.0 Å². The van der Waals surface area contributed by atoms with Crippen molar-refractivity contribution in [3.63, 3.8) is 0 Å². The fourth-order valence-electron chi connectivity index (χ4n) is 1.66. The first kappa shape index (κ1) is 15.0. The predicted octanol–water partition coefficient (Wildman–Crippen LogP) is 1.51. The molecule has 0 aliphatic carbocycles. The second-order valence-corrected chi connectivity index (χ2v) is 5.17. The number of rotatable bonds is 5. The third-order valence-corrected chi connectivity index (χ3v) is 3.08. The summed E-state index contributed by atoms with van der Waals surface area (Å²) in [5, 5.41) is 14.5. The molecule has 5 heteroatoms. The molecule has 0 saturated carbocycles. The van der Waals surface area contributed by atoms with E-state index in [1.807, 2.05) is 37.3 Å². The Morgan fingerprint density at radius 2 is 2.00 bits per heavy atom. The highest BCUT2D eigenvalue weighted by molar-refractivity contribution is 6.05. The molecule has 1 rings (SSSR count). The number of nitrogens with one attached hydrogen (secondary N) is 1. The fraction of sp³-hybridized carbons (Fsp3) is 0.429. The molecule has 0 aromatic heterocycles. The lowest BCUT2D eigenvalue weighted by Gasteiger charge is -2.24. The Hall–Kier alpha value is -2.04. The summed E-state index contributed by atoms with van der Waals surface area (Å²) >= 11 is 0. The molecule has 1 aromatic rings. The van der Waals surface area contributed by atoms with Gasteiger partial charge in [-0.25, -0.2) is 0 Å². The summed E-state index contributed by atoms with van der Waals surface area (Å²) in [6.07, 6.45) is 0.735. The lowest BCUT2D eigenvalue weighted by atomic mass is 9.90. The summed E-state index contributed by atoms with van der Waals surface area (Å²) in [5.41, 5.74) is 5.64. The molecular formula is C14H21N3O2. The van der Waals surface area contributed by atoms with Crippen molar-refractivity contribution in [1.29, 1.82) is 0 Å². The first-order valence-electron chi connectivity index (χ1n) is 6.20. The number of nitrogens with zero attached hydrogens (tertiary/aromatic N) is 1. The number of amides is 1. The maximum atomic E-state index is 12.1. The number of hydrogen-bond acceptors (Lipinski definition) is 3. The number of amidine groups is 1. The molecule has 104 valence electrons. The highest BCUT2D eigenvalue weighted by Crippen LogP contribution is 2.16. The van der Waals surface area contributed by atoms with Gasteiger partial charge in [0.15, 0.2) is 5.84 Å². The van der Waals surface area contributed by atoms with Crippen LogP contribution in [0.4, 0.5) is 0 Å². The fourth-order valence-corrected chi connectivity index (χ4v) is 1.66. The monoisotopic (exact) mass is 263 g/mol. The Morgan fingerprint density at radius 3 is 2.53 bits per heavy atom. The predicted molar refractivity (Wildman–Crippen MR) is 74.9 cm³/mol. The van der Waals surface area contributed by atoms with Crippen molar-refractivity contribution in [2.24, 2.45) is 16.3 Å². The van der Waals surface area contributed by atoms with Crippen LogP contribution in [0, 0.1) is 5.41 Å². The molecular weight excluding hydrogens is 242 g/mol. The lowest BCUT2D eigenvalue weighted by Crippen LogP contribution is -2.48. The maximum absolute atomic E-state index is 12.1. The maximum Gasteiger partial charge on any atom is 0.233 e. The third-order valence-electron chi connectivity index (χ3n) is 3.08. The van der Waals surface area contributed by atoms with E-state index in [0.717, 1.165) is 12.0 Å². The second kappa shape index (κ2) is 6.22. The van der Waals surface area contributed by atoms with E-state index in [2.05, 4.69) is 10.5 Å². The van der Waals surface area contributed by atoms with Gasteiger partial charge in [0.1, 0.15) is 5.41 Å². The quantitative estimate of drug-likeness (QED) is 0.325. The minimum atomic E-state index is -1.03. The van der Waals surface area contributed by atoms with Crippen molar-refractivity contribution in [1.82, 2.24) is 5.32 Å². The van der Waals surface area contributed by atoms with E-state index in [-0.39, 0.29) is 17.8 Å². The Bertz CT molecular complexity index is 455. The summed E-state index contributed by atoms with van der Waals surface area (Å²) in [6.45, 7) is 5.16. The standard InChI is InChI=1S/C14H21N3O2/c1-10(9-11-7-5-4-6-8-11)16-13(18)14(2,3)12(15)17-19/h4-8,10,19H,9H2,1-3H3,(H2,15,17)(H,16,18). The van der Waals surface area contributed by atoms with Crippen molar-refractivity contribution in [3.8, 4) is 0 Å². The van der Waals surface area contributed by atoms with E-state index in [9.17, 15) is 4.79 Å². The first-order chi connectivity index (χ1) is 8.87. The molecule has 0 bridgehead atoms. The van der Waals surface area contributed by atoms with E-state index in [0.29, 0.717) is 0 Å². The molecule has 0 fully saturated rings. The van der Waals surface area contributed by atoms with Gasteiger partial charge in [-0.15, -0.1) is 0 Å². The van der Waals surface area contributed by atoms with Gasteiger partial charge in [-0.05, 0) is 32.8 Å². The first-order valence-corrected chi connectivity index (χ1v) is 6.20. The molecule has 0 radical (unpaired) electrons. The van der Waals surface area contributed by atoms with Crippen LogP contribution in [0.1, 0.15) is 26.3 Å². The molecule has 1 aromatic carbocycles. The number of oxime groups is 1. The van der Waals surface area contributed by atoms with Crippen LogP contribution in [0.2, 0.25) is 0 Å². The zero-order valence-electron chi connectivity index (χ0n) is 11.6. The van der Waals surface area contributed by atoms with Gasteiger partial charge in [-0.1, -0.05) is 35.5 Å². The minimum Gasteiger partial charge on any atom is -0.409 e. The summed E-state index contributed by atoms with van der Waals surface area (Å²) in [4.78, 5) is 12.1. The van der Waals surface area contributed by atoms with Gasteiger partial charge in [0.25, 0.3) is 0 Å². The van der Waals surface area contributed by atoms with Gasteiger partial charge in [-0.2, -0.15) is 0 Å². The van der Waals surface area contributed by atoms with Crippen molar-refractivity contribution in [2.75, 3.05) is 0 Å². The van der Waals surface area contributed by atoms with Gasteiger partial charge in [0.2, 0.25) is 5.91 Å². The molecule has 0 heterocycles. The smallest absolute Gasteiger partial charge is 0.233 e. The van der Waals surface area contributed by atoms with Crippen LogP contribution >= 0.6 is 0 Å². The van der Waals surface area contributed by atoms with E-state index >= 15 is 0 Å². The zero-order valence-corrected chi connectivity index (χ0v) is 11.6. The molecule has 4 N–H and O–H groups in total. The third kappa shape index (κ3) is 3.98. The molecule has 0 spiro atoms.